The number of cyclic esters (lactones) is 1. The first-order valence-corrected chi connectivity index (χ1v) is 10.8. The fourth-order valence-electron chi connectivity index (χ4n) is 4.76. The molecule has 0 bridgehead atoms. The number of imidazole rings is 1. The largest absolute Gasteiger partial charge is 0.493 e. The summed E-state index contributed by atoms with van der Waals surface area (Å²) in [6.07, 6.45) is 3.32. The molecule has 0 saturated heterocycles. The summed E-state index contributed by atoms with van der Waals surface area (Å²) in [5, 5.41) is 0. The molecule has 0 saturated carbocycles. The summed E-state index contributed by atoms with van der Waals surface area (Å²) in [5.41, 5.74) is 4.31. The van der Waals surface area contributed by atoms with Crippen LogP contribution in [-0.4, -0.2) is 49.5 Å². The molecule has 1 unspecified atom stereocenters. The number of fused-ring (bicyclic) bond motifs is 2. The van der Waals surface area contributed by atoms with E-state index in [4.69, 9.17) is 28.4 Å². The van der Waals surface area contributed by atoms with E-state index in [9.17, 15) is 9.59 Å². The van der Waals surface area contributed by atoms with Gasteiger partial charge in [-0.1, -0.05) is 0 Å². The van der Waals surface area contributed by atoms with E-state index in [1.54, 1.807) is 12.1 Å². The summed E-state index contributed by atoms with van der Waals surface area (Å²) >= 11 is 0. The molecule has 1 aromatic heterocycles. The summed E-state index contributed by atoms with van der Waals surface area (Å²) in [4.78, 5) is 31.9. The molecule has 178 valence electrons. The topological polar surface area (TPSA) is 118 Å². The number of H-pyrrole nitrogens is 1. The van der Waals surface area contributed by atoms with Crippen molar-refractivity contribution in [1.82, 2.24) is 9.97 Å². The number of ether oxygens (including phenoxy) is 6. The van der Waals surface area contributed by atoms with Gasteiger partial charge in [-0.05, 0) is 52.9 Å². The minimum atomic E-state index is -0.646. The minimum Gasteiger partial charge on any atom is -0.493 e. The van der Waals surface area contributed by atoms with Crippen molar-refractivity contribution < 1.29 is 38.0 Å². The lowest BCUT2D eigenvalue weighted by atomic mass is 9.75. The van der Waals surface area contributed by atoms with E-state index >= 15 is 0 Å². The summed E-state index contributed by atoms with van der Waals surface area (Å²) in [7, 11) is 2.93. The summed E-state index contributed by atoms with van der Waals surface area (Å²) < 4.78 is 33.3. The van der Waals surface area contributed by atoms with Gasteiger partial charge in [0.15, 0.2) is 23.0 Å². The first-order valence-electron chi connectivity index (χ1n) is 10.8. The number of carbonyl (C=O) groups is 2. The van der Waals surface area contributed by atoms with Crippen LogP contribution in [-0.2, 0) is 16.0 Å². The van der Waals surface area contributed by atoms with Crippen LogP contribution in [0.2, 0.25) is 0 Å². The zero-order valence-corrected chi connectivity index (χ0v) is 18.9. The van der Waals surface area contributed by atoms with Crippen LogP contribution >= 0.6 is 0 Å². The molecule has 35 heavy (non-hydrogen) atoms. The van der Waals surface area contributed by atoms with Crippen LogP contribution in [0.5, 0.6) is 28.7 Å². The Labute approximate surface area is 199 Å². The quantitative estimate of drug-likeness (QED) is 0.438. The van der Waals surface area contributed by atoms with Crippen molar-refractivity contribution >= 4 is 11.9 Å². The molecule has 3 aliphatic rings. The van der Waals surface area contributed by atoms with Crippen molar-refractivity contribution in [3.8, 4) is 28.7 Å². The highest BCUT2D eigenvalue weighted by atomic mass is 16.7. The molecule has 0 amide bonds. The van der Waals surface area contributed by atoms with Gasteiger partial charge < -0.3 is 33.4 Å². The van der Waals surface area contributed by atoms with Crippen molar-refractivity contribution in [3.63, 3.8) is 0 Å². The van der Waals surface area contributed by atoms with Crippen molar-refractivity contribution in [1.29, 1.82) is 0 Å². The van der Waals surface area contributed by atoms with Gasteiger partial charge in [-0.2, -0.15) is 0 Å². The minimum absolute atomic E-state index is 0.114. The van der Waals surface area contributed by atoms with E-state index in [1.807, 2.05) is 12.1 Å². The Morgan fingerprint density at radius 2 is 1.80 bits per heavy atom. The van der Waals surface area contributed by atoms with E-state index in [0.717, 1.165) is 16.7 Å². The van der Waals surface area contributed by atoms with Gasteiger partial charge >= 0.3 is 11.9 Å². The fraction of sp³-hybridized carbons (Fsp3) is 0.240. The van der Waals surface area contributed by atoms with Gasteiger partial charge in [0.25, 0.3) is 0 Å². The van der Waals surface area contributed by atoms with Crippen LogP contribution in [0.15, 0.2) is 47.9 Å². The maximum absolute atomic E-state index is 12.8. The zero-order chi connectivity index (χ0) is 24.1. The molecule has 1 N–H and O–H groups in total. The first-order chi connectivity index (χ1) is 17.1. The SMILES string of the molecule is COc1cc(C2C3=C(COC3=O)Cc3cc4c(cc32)OCO4)cc(OC)c1OC(=O)c1cnc[nH]1. The molecule has 3 heterocycles. The molecule has 0 spiro atoms. The fourth-order valence-corrected chi connectivity index (χ4v) is 4.76. The normalized spacial score (nSPS) is 17.5. The Morgan fingerprint density at radius 1 is 1.06 bits per heavy atom. The number of aromatic nitrogens is 2. The van der Waals surface area contributed by atoms with Crippen molar-refractivity contribution in [2.24, 2.45) is 0 Å². The zero-order valence-electron chi connectivity index (χ0n) is 18.9. The molecule has 2 aromatic carbocycles. The highest BCUT2D eigenvalue weighted by Gasteiger charge is 2.40. The number of hydrogen-bond donors (Lipinski definition) is 1. The third kappa shape index (κ3) is 3.37. The molecule has 1 aliphatic carbocycles. The van der Waals surface area contributed by atoms with Crippen LogP contribution < -0.4 is 23.7 Å². The van der Waals surface area contributed by atoms with E-state index < -0.39 is 11.9 Å². The van der Waals surface area contributed by atoms with Gasteiger partial charge in [0.05, 0.1) is 32.3 Å². The third-order valence-electron chi connectivity index (χ3n) is 6.35. The monoisotopic (exact) mass is 476 g/mol. The Morgan fingerprint density at radius 3 is 2.49 bits per heavy atom. The maximum atomic E-state index is 12.8. The highest BCUT2D eigenvalue weighted by Crippen LogP contribution is 2.50. The third-order valence-corrected chi connectivity index (χ3v) is 6.35. The number of rotatable bonds is 5. The first kappa shape index (κ1) is 21.1. The summed E-state index contributed by atoms with van der Waals surface area (Å²) in [6.45, 7) is 0.392. The molecule has 6 rings (SSSR count). The average molecular weight is 476 g/mol. The van der Waals surface area contributed by atoms with Gasteiger partial charge in [-0.15, -0.1) is 0 Å². The van der Waals surface area contributed by atoms with Gasteiger partial charge in [0.2, 0.25) is 12.5 Å². The van der Waals surface area contributed by atoms with Crippen LogP contribution in [0.4, 0.5) is 0 Å². The predicted molar refractivity (Wildman–Crippen MR) is 119 cm³/mol. The standard InChI is InChI=1S/C25H20N2O8/c1-30-19-5-13(6-20(31-2)23(19)35-24(28)16-8-26-10-27-16)21-15-7-18-17(33-11-34-18)4-12(15)3-14-9-32-25(29)22(14)21/h4-8,10,21H,3,9,11H2,1-2H3,(H,26,27). The molecular weight excluding hydrogens is 456 g/mol. The van der Waals surface area contributed by atoms with E-state index in [2.05, 4.69) is 9.97 Å². The molecule has 0 radical (unpaired) electrons. The lowest BCUT2D eigenvalue weighted by molar-refractivity contribution is -0.136. The molecule has 2 aliphatic heterocycles. The molecule has 10 heteroatoms. The molecule has 1 atom stereocenters. The number of aromatic amines is 1. The van der Waals surface area contributed by atoms with Gasteiger partial charge in [-0.3, -0.25) is 0 Å². The number of benzene rings is 2. The Balaban J connectivity index is 1.48. The number of methoxy groups -OCH3 is 2. The molecule has 10 nitrogen and oxygen atoms in total. The van der Waals surface area contributed by atoms with Crippen LogP contribution in [0, 0.1) is 0 Å². The van der Waals surface area contributed by atoms with Crippen molar-refractivity contribution in [2.45, 2.75) is 12.3 Å². The van der Waals surface area contributed by atoms with E-state index in [0.29, 0.717) is 29.1 Å². The molecule has 3 aromatic rings. The van der Waals surface area contributed by atoms with E-state index in [-0.39, 0.29) is 42.3 Å². The van der Waals surface area contributed by atoms with Crippen LogP contribution in [0.3, 0.4) is 0 Å². The lowest BCUT2D eigenvalue weighted by Crippen LogP contribution is -2.18. The lowest BCUT2D eigenvalue weighted by Gasteiger charge is -2.27. The second kappa shape index (κ2) is 8.08. The van der Waals surface area contributed by atoms with Crippen LogP contribution in [0.25, 0.3) is 0 Å². The number of esters is 2. The number of carbonyl (C=O) groups excluding carboxylic acids is 2. The number of nitrogens with zero attached hydrogens (tertiary/aromatic N) is 1. The maximum Gasteiger partial charge on any atom is 0.362 e. The second-order valence-electron chi connectivity index (χ2n) is 8.22. The number of nitrogens with one attached hydrogen (secondary N) is 1. The van der Waals surface area contributed by atoms with Crippen molar-refractivity contribution in [2.75, 3.05) is 27.6 Å². The second-order valence-corrected chi connectivity index (χ2v) is 8.22. The summed E-state index contributed by atoms with van der Waals surface area (Å²) in [5.74, 6) is 0.484. The smallest absolute Gasteiger partial charge is 0.362 e. The van der Waals surface area contributed by atoms with Gasteiger partial charge in [0.1, 0.15) is 12.3 Å². The Hall–Kier alpha value is -4.47. The van der Waals surface area contributed by atoms with Gasteiger partial charge in [0, 0.05) is 5.92 Å². The molecular formula is C25H20N2O8. The van der Waals surface area contributed by atoms with Crippen LogP contribution in [0.1, 0.15) is 33.1 Å². The predicted octanol–water partition coefficient (Wildman–Crippen LogP) is 2.92. The number of hydrogen-bond acceptors (Lipinski definition) is 9. The Kier molecular flexibility index (Phi) is 4.87. The van der Waals surface area contributed by atoms with E-state index in [1.165, 1.54) is 26.7 Å². The summed E-state index contributed by atoms with van der Waals surface area (Å²) in [6, 6.07) is 7.33. The highest BCUT2D eigenvalue weighted by molar-refractivity contribution is 5.96. The Bertz CT molecular complexity index is 1370. The molecule has 0 fully saturated rings. The van der Waals surface area contributed by atoms with Gasteiger partial charge in [-0.25, -0.2) is 14.6 Å². The average Bonchev–Trinajstić information content (AvgIpc) is 3.63. The van der Waals surface area contributed by atoms with Crippen molar-refractivity contribution in [3.05, 3.63) is 70.3 Å².